The second-order valence-corrected chi connectivity index (χ2v) is 9.25. The Labute approximate surface area is 169 Å². The normalized spacial score (nSPS) is 20.6. The number of hydrogen-bond acceptors (Lipinski definition) is 6. The molecule has 8 nitrogen and oxygen atoms in total. The van der Waals surface area contributed by atoms with Gasteiger partial charge in [0.1, 0.15) is 10.8 Å². The lowest BCUT2D eigenvalue weighted by atomic mass is 9.95. The monoisotopic (exact) mass is 411 g/mol. The zero-order chi connectivity index (χ0) is 20.6. The number of carbonyl (C=O) groups is 1. The number of nitriles is 1. The first-order chi connectivity index (χ1) is 13.9. The highest BCUT2D eigenvalue weighted by Crippen LogP contribution is 2.37. The minimum atomic E-state index is -3.63. The number of anilines is 1. The number of likely N-dealkylation sites (N-methyl/N-ethyl adjacent to an activating group) is 1. The van der Waals surface area contributed by atoms with Crippen LogP contribution in [-0.2, 0) is 14.8 Å². The molecule has 2 aliphatic heterocycles. The van der Waals surface area contributed by atoms with Gasteiger partial charge in [-0.1, -0.05) is 0 Å². The topological polar surface area (TPSA) is 106 Å². The van der Waals surface area contributed by atoms with Crippen molar-refractivity contribution >= 4 is 21.6 Å². The number of carbonyl (C=O) groups excluding carboxylic acids is 1. The Balaban J connectivity index is 1.62. The number of sulfonamides is 1. The molecule has 2 aliphatic rings. The number of aromatic nitrogens is 1. The molecule has 1 atom stereocenters. The van der Waals surface area contributed by atoms with Gasteiger partial charge in [-0.15, -0.1) is 0 Å². The number of rotatable bonds is 3. The molecule has 1 unspecified atom stereocenters. The lowest BCUT2D eigenvalue weighted by Gasteiger charge is -2.20. The van der Waals surface area contributed by atoms with Gasteiger partial charge < -0.3 is 10.2 Å². The number of benzene rings is 1. The van der Waals surface area contributed by atoms with Gasteiger partial charge in [-0.2, -0.15) is 9.57 Å². The van der Waals surface area contributed by atoms with Gasteiger partial charge in [-0.3, -0.25) is 9.78 Å². The maximum Gasteiger partial charge on any atom is 0.244 e. The molecule has 9 heteroatoms. The number of amides is 1. The number of hydrogen-bond donors (Lipinski definition) is 1. The van der Waals surface area contributed by atoms with E-state index in [4.69, 9.17) is 5.26 Å². The lowest BCUT2D eigenvalue weighted by Crippen LogP contribution is -2.34. The molecule has 0 spiro atoms. The summed E-state index contributed by atoms with van der Waals surface area (Å²) in [5.41, 5.74) is 2.22. The van der Waals surface area contributed by atoms with E-state index < -0.39 is 15.9 Å². The summed E-state index contributed by atoms with van der Waals surface area (Å²) in [6, 6.07) is 10.2. The lowest BCUT2D eigenvalue weighted by molar-refractivity contribution is -0.116. The zero-order valence-electron chi connectivity index (χ0n) is 16.0. The summed E-state index contributed by atoms with van der Waals surface area (Å²) in [5.74, 6) is -0.907. The van der Waals surface area contributed by atoms with Crippen LogP contribution >= 0.6 is 0 Å². The van der Waals surface area contributed by atoms with Crippen LogP contribution < -0.4 is 5.32 Å². The smallest absolute Gasteiger partial charge is 0.244 e. The summed E-state index contributed by atoms with van der Waals surface area (Å²) in [5, 5.41) is 11.9. The number of fused-ring (bicyclic) bond motifs is 1. The molecule has 0 aliphatic carbocycles. The largest absolute Gasteiger partial charge is 0.325 e. The molecule has 29 heavy (non-hydrogen) atoms. The minimum absolute atomic E-state index is 0.121. The highest BCUT2D eigenvalue weighted by Gasteiger charge is 2.34. The molecule has 0 bridgehead atoms. The summed E-state index contributed by atoms with van der Waals surface area (Å²) >= 11 is 0. The van der Waals surface area contributed by atoms with Gasteiger partial charge in [-0.25, -0.2) is 8.42 Å². The van der Waals surface area contributed by atoms with E-state index in [0.717, 1.165) is 13.0 Å². The van der Waals surface area contributed by atoms with E-state index in [0.29, 0.717) is 42.1 Å². The molecule has 1 N–H and O–H groups in total. The van der Waals surface area contributed by atoms with Crippen molar-refractivity contribution in [3.63, 3.8) is 0 Å². The third-order valence-electron chi connectivity index (χ3n) is 5.38. The summed E-state index contributed by atoms with van der Waals surface area (Å²) in [4.78, 5) is 19.0. The second-order valence-electron chi connectivity index (χ2n) is 7.32. The minimum Gasteiger partial charge on any atom is -0.325 e. The van der Waals surface area contributed by atoms with E-state index in [1.54, 1.807) is 24.3 Å². The van der Waals surface area contributed by atoms with Crippen molar-refractivity contribution in [1.29, 1.82) is 5.26 Å². The maximum absolute atomic E-state index is 13.0. The van der Waals surface area contributed by atoms with E-state index >= 15 is 0 Å². The van der Waals surface area contributed by atoms with Crippen LogP contribution in [0.2, 0.25) is 0 Å². The average Bonchev–Trinajstić information content (AvgIpc) is 2.87. The van der Waals surface area contributed by atoms with E-state index in [1.165, 1.54) is 16.6 Å². The van der Waals surface area contributed by atoms with Crippen LogP contribution in [0.4, 0.5) is 5.69 Å². The van der Waals surface area contributed by atoms with Gasteiger partial charge in [0.25, 0.3) is 0 Å². The van der Waals surface area contributed by atoms with Crippen molar-refractivity contribution in [2.45, 2.75) is 17.2 Å². The molecule has 0 radical (unpaired) electrons. The summed E-state index contributed by atoms with van der Waals surface area (Å²) in [6.07, 6.45) is 2.10. The van der Waals surface area contributed by atoms with Crippen molar-refractivity contribution < 1.29 is 13.2 Å². The van der Waals surface area contributed by atoms with Crippen LogP contribution in [0, 0.1) is 11.3 Å². The Morgan fingerprint density at radius 1 is 1.17 bits per heavy atom. The van der Waals surface area contributed by atoms with Gasteiger partial charge in [-0.05, 0) is 55.9 Å². The van der Waals surface area contributed by atoms with Crippen LogP contribution in [0.3, 0.4) is 0 Å². The summed E-state index contributed by atoms with van der Waals surface area (Å²) < 4.78 is 27.4. The highest BCUT2D eigenvalue weighted by molar-refractivity contribution is 7.89. The van der Waals surface area contributed by atoms with Crippen LogP contribution in [0.15, 0.2) is 41.4 Å². The molecule has 4 rings (SSSR count). The molecule has 1 aromatic heterocycles. The SMILES string of the molecule is CN1CCCN(S(=O)(=O)c2ccc(C3C(=O)Nc4ccc(C#N)cc43)nc2)CC1. The van der Waals surface area contributed by atoms with Gasteiger partial charge >= 0.3 is 0 Å². The molecule has 150 valence electrons. The van der Waals surface area contributed by atoms with E-state index in [-0.39, 0.29) is 10.8 Å². The van der Waals surface area contributed by atoms with Crippen LogP contribution in [-0.4, -0.2) is 61.7 Å². The van der Waals surface area contributed by atoms with Crippen molar-refractivity contribution in [2.24, 2.45) is 0 Å². The molecule has 2 aromatic rings. The van der Waals surface area contributed by atoms with Crippen LogP contribution in [0.1, 0.15) is 29.2 Å². The molecular weight excluding hydrogens is 390 g/mol. The maximum atomic E-state index is 13.0. The average molecular weight is 411 g/mol. The molecular formula is C20H21N5O3S. The Bertz CT molecular complexity index is 1090. The fraction of sp³-hybridized carbons (Fsp3) is 0.350. The van der Waals surface area contributed by atoms with Gasteiger partial charge in [0.05, 0.1) is 17.3 Å². The Morgan fingerprint density at radius 3 is 2.72 bits per heavy atom. The Morgan fingerprint density at radius 2 is 2.00 bits per heavy atom. The molecule has 1 aromatic carbocycles. The fourth-order valence-electron chi connectivity index (χ4n) is 3.75. The predicted molar refractivity (Wildman–Crippen MR) is 107 cm³/mol. The van der Waals surface area contributed by atoms with Crippen molar-refractivity contribution in [2.75, 3.05) is 38.5 Å². The first-order valence-corrected chi connectivity index (χ1v) is 10.8. The highest BCUT2D eigenvalue weighted by atomic mass is 32.2. The fourth-order valence-corrected chi connectivity index (χ4v) is 5.17. The van der Waals surface area contributed by atoms with E-state index in [2.05, 4.69) is 21.3 Å². The van der Waals surface area contributed by atoms with Gasteiger partial charge in [0.2, 0.25) is 15.9 Å². The summed E-state index contributed by atoms with van der Waals surface area (Å²) in [7, 11) is -1.65. The number of pyridine rings is 1. The van der Waals surface area contributed by atoms with E-state index in [9.17, 15) is 13.2 Å². The number of nitrogens with zero attached hydrogens (tertiary/aromatic N) is 4. The van der Waals surface area contributed by atoms with Gasteiger partial charge in [0.15, 0.2) is 0 Å². The van der Waals surface area contributed by atoms with Crippen molar-refractivity contribution in [1.82, 2.24) is 14.2 Å². The molecule has 1 fully saturated rings. The molecule has 0 saturated carbocycles. The first kappa shape index (κ1) is 19.5. The quantitative estimate of drug-likeness (QED) is 0.817. The summed E-state index contributed by atoms with van der Waals surface area (Å²) in [6.45, 7) is 2.47. The molecule has 1 saturated heterocycles. The third-order valence-corrected chi connectivity index (χ3v) is 7.27. The van der Waals surface area contributed by atoms with Crippen LogP contribution in [0.5, 0.6) is 0 Å². The number of nitrogens with one attached hydrogen (secondary N) is 1. The Hall–Kier alpha value is -2.80. The first-order valence-electron chi connectivity index (χ1n) is 9.40. The van der Waals surface area contributed by atoms with E-state index in [1.807, 2.05) is 7.05 Å². The molecule has 1 amide bonds. The molecule has 3 heterocycles. The predicted octanol–water partition coefficient (Wildman–Crippen LogP) is 1.36. The standard InChI is InChI=1S/C20H21N5O3S/c1-24-7-2-8-25(10-9-24)29(27,28)15-4-6-18(22-13-15)19-16-11-14(12-21)3-5-17(16)23-20(19)26/h3-6,11,13,19H,2,7-10H2,1H3,(H,23,26). The van der Waals surface area contributed by atoms with Crippen molar-refractivity contribution in [3.8, 4) is 6.07 Å². The third kappa shape index (κ3) is 3.62. The van der Waals surface area contributed by atoms with Crippen molar-refractivity contribution in [3.05, 3.63) is 53.3 Å². The Kier molecular flexibility index (Phi) is 5.08. The second kappa shape index (κ2) is 7.55. The zero-order valence-corrected chi connectivity index (χ0v) is 16.8. The van der Waals surface area contributed by atoms with Crippen LogP contribution in [0.25, 0.3) is 0 Å². The van der Waals surface area contributed by atoms with Gasteiger partial charge in [0, 0.05) is 31.5 Å².